The van der Waals surface area contributed by atoms with Crippen LogP contribution in [-0.4, -0.2) is 17.7 Å². The fraction of sp³-hybridized carbons (Fsp3) is 0.350. The van der Waals surface area contributed by atoms with Crippen molar-refractivity contribution in [2.45, 2.75) is 32.3 Å². The van der Waals surface area contributed by atoms with E-state index in [0.29, 0.717) is 0 Å². The maximum absolute atomic E-state index is 10.6. The molecule has 2 aromatic carbocycles. The van der Waals surface area contributed by atoms with Crippen molar-refractivity contribution in [1.82, 2.24) is 6.15 Å². The zero-order valence-electron chi connectivity index (χ0n) is 14.2. The lowest BCUT2D eigenvalue weighted by atomic mass is 10.0. The smallest absolute Gasteiger partial charge is 0.329 e. The van der Waals surface area contributed by atoms with Crippen molar-refractivity contribution in [3.05, 3.63) is 71.8 Å². The third-order valence-corrected chi connectivity index (χ3v) is 3.85. The van der Waals surface area contributed by atoms with Gasteiger partial charge in [0.05, 0.1) is 0 Å². The van der Waals surface area contributed by atoms with Gasteiger partial charge in [-0.25, -0.2) is 4.79 Å². The number of carboxylic acid groups (broad SMARTS) is 1. The summed E-state index contributed by atoms with van der Waals surface area (Å²) in [6, 6.07) is 19.2. The van der Waals surface area contributed by atoms with Crippen molar-refractivity contribution in [2.75, 3.05) is 6.61 Å². The number of benzene rings is 2. The minimum absolute atomic E-state index is 0. The van der Waals surface area contributed by atoms with E-state index in [1.54, 1.807) is 0 Å². The minimum atomic E-state index is -0.966. The van der Waals surface area contributed by atoms with E-state index in [1.165, 1.54) is 19.3 Å². The van der Waals surface area contributed by atoms with Gasteiger partial charge in [-0.05, 0) is 17.0 Å². The van der Waals surface area contributed by atoms with Crippen molar-refractivity contribution < 1.29 is 14.6 Å². The Balaban J connectivity index is 0.000000412. The van der Waals surface area contributed by atoms with Gasteiger partial charge in [0.2, 0.25) is 0 Å². The molecule has 1 aliphatic carbocycles. The van der Waals surface area contributed by atoms with Crippen LogP contribution in [0.3, 0.4) is 0 Å². The van der Waals surface area contributed by atoms with E-state index in [2.05, 4.69) is 6.92 Å². The molecule has 0 saturated heterocycles. The first-order valence-corrected chi connectivity index (χ1v) is 8.14. The predicted molar refractivity (Wildman–Crippen MR) is 96.4 cm³/mol. The molecule has 0 aromatic heterocycles. The average molecular weight is 329 g/mol. The summed E-state index contributed by atoms with van der Waals surface area (Å²) in [4.78, 5) is 10.6. The molecule has 0 heterocycles. The number of carbonyl (C=O) groups is 1. The summed E-state index contributed by atoms with van der Waals surface area (Å²) in [5, 5.41) is 8.73. The lowest BCUT2D eigenvalue weighted by Gasteiger charge is -2.17. The minimum Gasteiger partial charge on any atom is -0.480 e. The average Bonchev–Trinajstić information content (AvgIpc) is 3.42. The Morgan fingerprint density at radius 2 is 1.50 bits per heavy atom. The molecule has 4 N–H and O–H groups in total. The van der Waals surface area contributed by atoms with E-state index in [-0.39, 0.29) is 18.9 Å². The number of rotatable bonds is 6. The normalized spacial score (nSPS) is 12.8. The summed E-state index contributed by atoms with van der Waals surface area (Å²) < 4.78 is 5.48. The molecule has 1 fully saturated rings. The van der Waals surface area contributed by atoms with Crippen LogP contribution in [0, 0.1) is 5.92 Å². The van der Waals surface area contributed by atoms with E-state index in [4.69, 9.17) is 9.84 Å². The molecule has 0 amide bonds. The van der Waals surface area contributed by atoms with E-state index in [0.717, 1.165) is 17.0 Å². The summed E-state index contributed by atoms with van der Waals surface area (Å²) in [7, 11) is 0. The highest BCUT2D eigenvalue weighted by atomic mass is 16.5. The van der Waals surface area contributed by atoms with Crippen LogP contribution in [0.5, 0.6) is 0 Å². The van der Waals surface area contributed by atoms with Gasteiger partial charge in [-0.15, -0.1) is 0 Å². The molecule has 0 radical (unpaired) electrons. The van der Waals surface area contributed by atoms with E-state index in [1.807, 2.05) is 60.7 Å². The van der Waals surface area contributed by atoms with Crippen molar-refractivity contribution in [3.8, 4) is 0 Å². The molecule has 0 aliphatic heterocycles. The summed E-state index contributed by atoms with van der Waals surface area (Å²) in [6.07, 6.45) is 4.09. The Morgan fingerprint density at radius 3 is 1.79 bits per heavy atom. The van der Waals surface area contributed by atoms with Crippen molar-refractivity contribution in [1.29, 1.82) is 0 Å². The van der Waals surface area contributed by atoms with Crippen LogP contribution in [0.15, 0.2) is 60.7 Å². The fourth-order valence-electron chi connectivity index (χ4n) is 2.32. The maximum Gasteiger partial charge on any atom is 0.329 e. The molecule has 0 unspecified atom stereocenters. The molecular formula is C20H27NO3. The summed E-state index contributed by atoms with van der Waals surface area (Å²) >= 11 is 0. The number of carboxylic acids is 1. The summed E-state index contributed by atoms with van der Waals surface area (Å²) in [6.45, 7) is 1.95. The molecule has 4 heteroatoms. The first kappa shape index (κ1) is 19.9. The molecule has 3 rings (SSSR count). The standard InChI is InChI=1S/C15H14O3.C5H10.H3N/c16-14(17)11-18-15(12-7-3-1-4-8-12)13-9-5-2-6-10-13;1-2-5-3-4-5;/h1-10,15H,11H2,(H,16,17);5H,2-4H2,1H3;1H3. The highest BCUT2D eigenvalue weighted by Gasteiger charge is 2.17. The summed E-state index contributed by atoms with van der Waals surface area (Å²) in [5.74, 6) is 0.168. The van der Waals surface area contributed by atoms with Gasteiger partial charge in [0.15, 0.2) is 0 Å². The van der Waals surface area contributed by atoms with Crippen LogP contribution in [0.4, 0.5) is 0 Å². The first-order chi connectivity index (χ1) is 11.2. The van der Waals surface area contributed by atoms with Gasteiger partial charge in [0.1, 0.15) is 12.7 Å². The third kappa shape index (κ3) is 6.94. The SMILES string of the molecule is CCC1CC1.N.O=C(O)COC(c1ccccc1)c1ccccc1. The number of hydrogen-bond donors (Lipinski definition) is 2. The second-order valence-corrected chi connectivity index (χ2v) is 5.76. The van der Waals surface area contributed by atoms with Gasteiger partial charge >= 0.3 is 5.97 Å². The maximum atomic E-state index is 10.6. The molecular weight excluding hydrogens is 302 g/mol. The van der Waals surface area contributed by atoms with Gasteiger partial charge in [0, 0.05) is 0 Å². The van der Waals surface area contributed by atoms with Gasteiger partial charge in [-0.1, -0.05) is 86.8 Å². The molecule has 0 bridgehead atoms. The second-order valence-electron chi connectivity index (χ2n) is 5.76. The van der Waals surface area contributed by atoms with Crippen molar-refractivity contribution >= 4 is 5.97 Å². The van der Waals surface area contributed by atoms with E-state index < -0.39 is 5.97 Å². The molecule has 24 heavy (non-hydrogen) atoms. The Morgan fingerprint density at radius 1 is 1.04 bits per heavy atom. The highest BCUT2D eigenvalue weighted by molar-refractivity contribution is 5.68. The Labute approximate surface area is 144 Å². The fourth-order valence-corrected chi connectivity index (χ4v) is 2.32. The topological polar surface area (TPSA) is 81.5 Å². The number of aliphatic carboxylic acids is 1. The highest BCUT2D eigenvalue weighted by Crippen LogP contribution is 2.31. The second kappa shape index (κ2) is 10.6. The van der Waals surface area contributed by atoms with Crippen molar-refractivity contribution in [2.24, 2.45) is 5.92 Å². The van der Waals surface area contributed by atoms with Gasteiger partial charge < -0.3 is 16.0 Å². The van der Waals surface area contributed by atoms with Crippen LogP contribution in [0.1, 0.15) is 43.4 Å². The number of ether oxygens (including phenoxy) is 1. The van der Waals surface area contributed by atoms with Gasteiger partial charge in [-0.2, -0.15) is 0 Å². The molecule has 0 atom stereocenters. The van der Waals surface area contributed by atoms with Gasteiger partial charge in [0.25, 0.3) is 0 Å². The quantitative estimate of drug-likeness (QED) is 0.794. The third-order valence-electron chi connectivity index (χ3n) is 3.85. The van der Waals surface area contributed by atoms with Gasteiger partial charge in [-0.3, -0.25) is 0 Å². The lowest BCUT2D eigenvalue weighted by Crippen LogP contribution is -2.13. The Kier molecular flexibility index (Phi) is 8.76. The monoisotopic (exact) mass is 329 g/mol. The molecule has 1 saturated carbocycles. The first-order valence-electron chi connectivity index (χ1n) is 8.14. The molecule has 1 aliphatic rings. The van der Waals surface area contributed by atoms with Crippen molar-refractivity contribution in [3.63, 3.8) is 0 Å². The number of hydrogen-bond acceptors (Lipinski definition) is 3. The molecule has 0 spiro atoms. The molecule has 4 nitrogen and oxygen atoms in total. The van der Waals surface area contributed by atoms with Crippen LogP contribution in [-0.2, 0) is 9.53 Å². The lowest BCUT2D eigenvalue weighted by molar-refractivity contribution is -0.143. The molecule has 130 valence electrons. The predicted octanol–water partition coefficient (Wildman–Crippen LogP) is 4.85. The Hall–Kier alpha value is -2.17. The van der Waals surface area contributed by atoms with E-state index >= 15 is 0 Å². The zero-order valence-corrected chi connectivity index (χ0v) is 14.2. The largest absolute Gasteiger partial charge is 0.480 e. The van der Waals surface area contributed by atoms with Crippen LogP contribution in [0.2, 0.25) is 0 Å². The van der Waals surface area contributed by atoms with Crippen LogP contribution >= 0.6 is 0 Å². The summed E-state index contributed by atoms with van der Waals surface area (Å²) in [5.41, 5.74) is 1.90. The molecule has 2 aromatic rings. The Bertz CT molecular complexity index is 543. The zero-order chi connectivity index (χ0) is 16.5. The van der Waals surface area contributed by atoms with E-state index in [9.17, 15) is 4.79 Å². The van der Waals surface area contributed by atoms with Crippen LogP contribution in [0.25, 0.3) is 0 Å². The van der Waals surface area contributed by atoms with Crippen LogP contribution < -0.4 is 6.15 Å².